The fourth-order valence-corrected chi connectivity index (χ4v) is 3.85. The third-order valence-electron chi connectivity index (χ3n) is 2.75. The van der Waals surface area contributed by atoms with Gasteiger partial charge in [0.05, 0.1) is 0 Å². The molecule has 3 aromatic rings. The third kappa shape index (κ3) is 3.26. The van der Waals surface area contributed by atoms with Gasteiger partial charge in [-0.1, -0.05) is 28.1 Å². The molecule has 0 aliphatic heterocycles. The molecule has 0 spiro atoms. The minimum atomic E-state index is 0.868. The van der Waals surface area contributed by atoms with Crippen LogP contribution in [-0.4, -0.2) is 0 Å². The van der Waals surface area contributed by atoms with Crippen molar-refractivity contribution in [3.8, 4) is 10.4 Å². The molecular formula is C15H12BrNS2. The second-order valence-electron chi connectivity index (χ2n) is 4.14. The van der Waals surface area contributed by atoms with E-state index >= 15 is 0 Å². The van der Waals surface area contributed by atoms with Crippen molar-refractivity contribution >= 4 is 44.3 Å². The quantitative estimate of drug-likeness (QED) is 0.622. The lowest BCUT2D eigenvalue weighted by molar-refractivity contribution is 1.19. The van der Waals surface area contributed by atoms with E-state index in [4.69, 9.17) is 0 Å². The van der Waals surface area contributed by atoms with Crippen LogP contribution in [0.25, 0.3) is 10.4 Å². The summed E-state index contributed by atoms with van der Waals surface area (Å²) in [5.74, 6) is 0. The van der Waals surface area contributed by atoms with Crippen molar-refractivity contribution in [3.05, 3.63) is 62.6 Å². The Morgan fingerprint density at radius 1 is 1.05 bits per heavy atom. The number of benzene rings is 1. The van der Waals surface area contributed by atoms with Crippen LogP contribution in [0, 0.1) is 0 Å². The summed E-state index contributed by atoms with van der Waals surface area (Å²) in [7, 11) is 0. The molecule has 19 heavy (non-hydrogen) atoms. The largest absolute Gasteiger partial charge is 0.380 e. The van der Waals surface area contributed by atoms with Crippen LogP contribution < -0.4 is 5.32 Å². The fraction of sp³-hybridized carbons (Fsp3) is 0.0667. The third-order valence-corrected chi connectivity index (χ3v) is 5.10. The summed E-state index contributed by atoms with van der Waals surface area (Å²) < 4.78 is 1.10. The van der Waals surface area contributed by atoms with E-state index in [9.17, 15) is 0 Å². The van der Waals surface area contributed by atoms with E-state index in [1.165, 1.54) is 15.3 Å². The van der Waals surface area contributed by atoms with Crippen molar-refractivity contribution in [1.82, 2.24) is 0 Å². The standard InChI is InChI=1S/C15H12BrNS2/c16-12-3-1-4-13(8-12)17-9-14-7-11(10-19-14)15-5-2-6-18-15/h1-8,10,17H,9H2. The van der Waals surface area contributed by atoms with E-state index in [1.54, 1.807) is 22.7 Å². The van der Waals surface area contributed by atoms with Crippen LogP contribution in [0.4, 0.5) is 5.69 Å². The zero-order valence-corrected chi connectivity index (χ0v) is 13.3. The maximum absolute atomic E-state index is 3.48. The molecule has 4 heteroatoms. The van der Waals surface area contributed by atoms with Crippen LogP contribution in [0.1, 0.15) is 4.88 Å². The van der Waals surface area contributed by atoms with Crippen LogP contribution in [-0.2, 0) is 6.54 Å². The van der Waals surface area contributed by atoms with E-state index in [2.05, 4.69) is 62.3 Å². The Labute approximate surface area is 129 Å². The maximum Gasteiger partial charge on any atom is 0.0494 e. The van der Waals surface area contributed by atoms with Crippen LogP contribution in [0.5, 0.6) is 0 Å². The summed E-state index contributed by atoms with van der Waals surface area (Å²) in [6.45, 7) is 0.868. The van der Waals surface area contributed by atoms with Crippen molar-refractivity contribution in [3.63, 3.8) is 0 Å². The normalized spacial score (nSPS) is 10.6. The van der Waals surface area contributed by atoms with Crippen LogP contribution in [0.2, 0.25) is 0 Å². The molecule has 1 N–H and O–H groups in total. The van der Waals surface area contributed by atoms with Gasteiger partial charge in [0.2, 0.25) is 0 Å². The Kier molecular flexibility index (Phi) is 4.01. The van der Waals surface area contributed by atoms with E-state index in [1.807, 2.05) is 12.1 Å². The van der Waals surface area contributed by atoms with Crippen molar-refractivity contribution in [2.24, 2.45) is 0 Å². The molecule has 2 aromatic heterocycles. The highest BCUT2D eigenvalue weighted by Gasteiger charge is 2.03. The van der Waals surface area contributed by atoms with Gasteiger partial charge in [0.15, 0.2) is 0 Å². The van der Waals surface area contributed by atoms with Gasteiger partial charge in [-0.25, -0.2) is 0 Å². The van der Waals surface area contributed by atoms with Crippen molar-refractivity contribution in [1.29, 1.82) is 0 Å². The number of hydrogen-bond acceptors (Lipinski definition) is 3. The van der Waals surface area contributed by atoms with E-state index < -0.39 is 0 Å². The molecule has 0 aliphatic rings. The smallest absolute Gasteiger partial charge is 0.0494 e. The zero-order chi connectivity index (χ0) is 13.1. The lowest BCUT2D eigenvalue weighted by Gasteiger charge is -2.04. The van der Waals surface area contributed by atoms with Gasteiger partial charge in [0.25, 0.3) is 0 Å². The number of halogens is 1. The highest BCUT2D eigenvalue weighted by atomic mass is 79.9. The van der Waals surface area contributed by atoms with Crippen LogP contribution in [0.3, 0.4) is 0 Å². The molecule has 0 unspecified atom stereocenters. The first-order valence-electron chi connectivity index (χ1n) is 5.92. The summed E-state index contributed by atoms with van der Waals surface area (Å²) in [5, 5.41) is 7.79. The maximum atomic E-state index is 3.48. The Hall–Kier alpha value is -1.10. The Balaban J connectivity index is 1.68. The number of rotatable bonds is 4. The topological polar surface area (TPSA) is 12.0 Å². The Morgan fingerprint density at radius 2 is 2.00 bits per heavy atom. The highest BCUT2D eigenvalue weighted by Crippen LogP contribution is 2.29. The first-order valence-corrected chi connectivity index (χ1v) is 8.47. The predicted molar refractivity (Wildman–Crippen MR) is 89.1 cm³/mol. The van der Waals surface area contributed by atoms with E-state index in [0.717, 1.165) is 16.7 Å². The van der Waals surface area contributed by atoms with Crippen molar-refractivity contribution < 1.29 is 0 Å². The van der Waals surface area contributed by atoms with Crippen LogP contribution in [0.15, 0.2) is 57.7 Å². The molecule has 1 nitrogen and oxygen atoms in total. The number of thiophene rings is 2. The number of nitrogens with one attached hydrogen (secondary N) is 1. The molecule has 0 aliphatic carbocycles. The summed E-state index contributed by atoms with van der Waals surface area (Å²) in [4.78, 5) is 2.69. The summed E-state index contributed by atoms with van der Waals surface area (Å²) in [5.41, 5.74) is 2.46. The molecule has 96 valence electrons. The lowest BCUT2D eigenvalue weighted by atomic mass is 10.2. The summed E-state index contributed by atoms with van der Waals surface area (Å²) in [6, 6.07) is 14.8. The van der Waals surface area contributed by atoms with Crippen molar-refractivity contribution in [2.75, 3.05) is 5.32 Å². The predicted octanol–water partition coefficient (Wildman–Crippen LogP) is 5.85. The highest BCUT2D eigenvalue weighted by molar-refractivity contribution is 9.10. The van der Waals surface area contributed by atoms with Gasteiger partial charge in [0, 0.05) is 32.0 Å². The van der Waals surface area contributed by atoms with Gasteiger partial charge in [-0.3, -0.25) is 0 Å². The number of anilines is 1. The molecule has 0 saturated carbocycles. The van der Waals surface area contributed by atoms with Crippen molar-refractivity contribution in [2.45, 2.75) is 6.54 Å². The number of hydrogen-bond donors (Lipinski definition) is 1. The minimum Gasteiger partial charge on any atom is -0.380 e. The molecule has 0 radical (unpaired) electrons. The van der Waals surface area contributed by atoms with E-state index in [0.29, 0.717) is 0 Å². The van der Waals surface area contributed by atoms with Gasteiger partial charge in [0.1, 0.15) is 0 Å². The second kappa shape index (κ2) is 5.90. The summed E-state index contributed by atoms with van der Waals surface area (Å²) >= 11 is 7.07. The fourth-order valence-electron chi connectivity index (χ4n) is 1.83. The SMILES string of the molecule is Brc1cccc(NCc2cc(-c3cccs3)cs2)c1. The molecule has 0 fully saturated rings. The molecule has 2 heterocycles. The Bertz CT molecular complexity index is 658. The molecule has 3 rings (SSSR count). The molecule has 0 bridgehead atoms. The minimum absolute atomic E-state index is 0.868. The average Bonchev–Trinajstić information content (AvgIpc) is 3.07. The van der Waals surface area contributed by atoms with Crippen LogP contribution >= 0.6 is 38.6 Å². The Morgan fingerprint density at radius 3 is 2.79 bits per heavy atom. The molecule has 0 amide bonds. The molecular weight excluding hydrogens is 338 g/mol. The van der Waals surface area contributed by atoms with Gasteiger partial charge in [-0.05, 0) is 41.1 Å². The van der Waals surface area contributed by atoms with Gasteiger partial charge in [-0.15, -0.1) is 22.7 Å². The van der Waals surface area contributed by atoms with E-state index in [-0.39, 0.29) is 0 Å². The average molecular weight is 350 g/mol. The molecule has 0 saturated heterocycles. The van der Waals surface area contributed by atoms with Gasteiger partial charge < -0.3 is 5.32 Å². The van der Waals surface area contributed by atoms with Gasteiger partial charge in [-0.2, -0.15) is 0 Å². The van der Waals surface area contributed by atoms with Gasteiger partial charge >= 0.3 is 0 Å². The second-order valence-corrected chi connectivity index (χ2v) is 7.00. The summed E-state index contributed by atoms with van der Waals surface area (Å²) in [6.07, 6.45) is 0. The lowest BCUT2D eigenvalue weighted by Crippen LogP contribution is -1.96. The first-order chi connectivity index (χ1) is 9.31. The molecule has 0 atom stereocenters. The zero-order valence-electron chi connectivity index (χ0n) is 10.1. The molecule has 1 aromatic carbocycles. The monoisotopic (exact) mass is 349 g/mol. The first kappa shape index (κ1) is 12.9.